The van der Waals surface area contributed by atoms with E-state index in [1.165, 1.54) is 16.5 Å². The van der Waals surface area contributed by atoms with Crippen LogP contribution in [0.4, 0.5) is 0 Å². The molecule has 2 nitrogen and oxygen atoms in total. The molecule has 3 rings (SSSR count). The second-order valence-corrected chi connectivity index (χ2v) is 5.38. The molecule has 0 radical (unpaired) electrons. The van der Waals surface area contributed by atoms with E-state index < -0.39 is 0 Å². The van der Waals surface area contributed by atoms with Crippen LogP contribution in [0.15, 0.2) is 52.9 Å². The number of hydrogen-bond acceptors (Lipinski definition) is 2. The zero-order valence-corrected chi connectivity index (χ0v) is 12.6. The minimum Gasteiger partial charge on any atom is -0.459 e. The van der Waals surface area contributed by atoms with Crippen molar-refractivity contribution in [3.05, 3.63) is 59.9 Å². The molecule has 0 atom stereocenters. The fourth-order valence-electron chi connectivity index (χ4n) is 2.68. The van der Waals surface area contributed by atoms with Crippen molar-refractivity contribution >= 4 is 11.0 Å². The third-order valence-corrected chi connectivity index (χ3v) is 3.86. The van der Waals surface area contributed by atoms with Gasteiger partial charge in [-0.25, -0.2) is 0 Å². The lowest BCUT2D eigenvalue weighted by molar-refractivity contribution is 0.510. The van der Waals surface area contributed by atoms with Crippen molar-refractivity contribution < 1.29 is 4.42 Å². The van der Waals surface area contributed by atoms with Gasteiger partial charge < -0.3 is 9.73 Å². The Labute approximate surface area is 125 Å². The summed E-state index contributed by atoms with van der Waals surface area (Å²) in [5.74, 6) is 1.04. The van der Waals surface area contributed by atoms with Crippen LogP contribution in [0.2, 0.25) is 0 Å². The number of aryl methyl sites for hydroxylation is 1. The minimum absolute atomic E-state index is 0.794. The van der Waals surface area contributed by atoms with Gasteiger partial charge >= 0.3 is 0 Å². The smallest absolute Gasteiger partial charge is 0.142 e. The Bertz CT molecular complexity index is 728. The highest BCUT2D eigenvalue weighted by Crippen LogP contribution is 2.33. The first kappa shape index (κ1) is 13.9. The molecule has 2 aromatic carbocycles. The number of nitrogens with one attached hydrogen (secondary N) is 1. The Morgan fingerprint density at radius 2 is 1.81 bits per heavy atom. The standard InChI is InChI=1S/C19H21NO/c1-3-12-20-13-18-14(2)16-10-7-11-17(19(16)21-18)15-8-5-4-6-9-15/h4-11,20H,3,12-13H2,1-2H3. The lowest BCUT2D eigenvalue weighted by Crippen LogP contribution is -2.13. The molecule has 0 saturated carbocycles. The van der Waals surface area contributed by atoms with E-state index in [4.69, 9.17) is 4.42 Å². The molecule has 0 unspecified atom stereocenters. The summed E-state index contributed by atoms with van der Waals surface area (Å²) in [6.07, 6.45) is 1.13. The van der Waals surface area contributed by atoms with Crippen molar-refractivity contribution in [3.63, 3.8) is 0 Å². The Morgan fingerprint density at radius 1 is 1.00 bits per heavy atom. The van der Waals surface area contributed by atoms with Crippen LogP contribution in [0.5, 0.6) is 0 Å². The number of fused-ring (bicyclic) bond motifs is 1. The fraction of sp³-hybridized carbons (Fsp3) is 0.263. The molecule has 0 aliphatic rings. The second-order valence-electron chi connectivity index (χ2n) is 5.38. The molecule has 0 saturated heterocycles. The maximum atomic E-state index is 6.17. The second kappa shape index (κ2) is 6.15. The summed E-state index contributed by atoms with van der Waals surface area (Å²) in [6.45, 7) is 6.13. The molecule has 0 aliphatic heterocycles. The van der Waals surface area contributed by atoms with Gasteiger partial charge in [0.15, 0.2) is 0 Å². The van der Waals surface area contributed by atoms with Gasteiger partial charge in [-0.1, -0.05) is 55.5 Å². The molecule has 0 aliphatic carbocycles. The molecule has 0 spiro atoms. The van der Waals surface area contributed by atoms with Crippen molar-refractivity contribution in [1.82, 2.24) is 5.32 Å². The molecule has 21 heavy (non-hydrogen) atoms. The van der Waals surface area contributed by atoms with Crippen molar-refractivity contribution in [2.24, 2.45) is 0 Å². The van der Waals surface area contributed by atoms with E-state index in [1.54, 1.807) is 0 Å². The van der Waals surface area contributed by atoms with Crippen LogP contribution < -0.4 is 5.32 Å². The summed E-state index contributed by atoms with van der Waals surface area (Å²) in [4.78, 5) is 0. The van der Waals surface area contributed by atoms with Crippen molar-refractivity contribution in [3.8, 4) is 11.1 Å². The van der Waals surface area contributed by atoms with Gasteiger partial charge in [-0.05, 0) is 31.0 Å². The van der Waals surface area contributed by atoms with E-state index in [0.29, 0.717) is 0 Å². The molecular formula is C19H21NO. The third kappa shape index (κ3) is 2.72. The molecule has 0 bridgehead atoms. The average Bonchev–Trinajstić information content (AvgIpc) is 2.85. The topological polar surface area (TPSA) is 25.2 Å². The van der Waals surface area contributed by atoms with Crippen LogP contribution in [-0.4, -0.2) is 6.54 Å². The summed E-state index contributed by atoms with van der Waals surface area (Å²) in [6, 6.07) is 16.8. The molecule has 0 fully saturated rings. The molecule has 3 aromatic rings. The van der Waals surface area contributed by atoms with Crippen LogP contribution in [0, 0.1) is 6.92 Å². The minimum atomic E-state index is 0.794. The number of hydrogen-bond donors (Lipinski definition) is 1. The summed E-state index contributed by atoms with van der Waals surface area (Å²) in [5, 5.41) is 4.63. The number of benzene rings is 2. The highest BCUT2D eigenvalue weighted by atomic mass is 16.3. The van der Waals surface area contributed by atoms with Gasteiger partial charge in [0.25, 0.3) is 0 Å². The molecule has 1 N–H and O–H groups in total. The van der Waals surface area contributed by atoms with E-state index in [0.717, 1.165) is 36.4 Å². The SMILES string of the molecule is CCCNCc1oc2c(-c3ccccc3)cccc2c1C. The highest BCUT2D eigenvalue weighted by Gasteiger charge is 2.13. The first-order valence-electron chi connectivity index (χ1n) is 7.58. The molecule has 108 valence electrons. The van der Waals surface area contributed by atoms with E-state index >= 15 is 0 Å². The number of para-hydroxylation sites is 1. The van der Waals surface area contributed by atoms with Gasteiger partial charge in [0.05, 0.1) is 6.54 Å². The summed E-state index contributed by atoms with van der Waals surface area (Å²) < 4.78 is 6.17. The van der Waals surface area contributed by atoms with Gasteiger partial charge in [0.1, 0.15) is 11.3 Å². The molecule has 1 heterocycles. The van der Waals surface area contributed by atoms with Gasteiger partial charge in [-0.3, -0.25) is 0 Å². The first-order valence-corrected chi connectivity index (χ1v) is 7.58. The normalized spacial score (nSPS) is 11.1. The lowest BCUT2D eigenvalue weighted by Gasteiger charge is -2.02. The Kier molecular flexibility index (Phi) is 4.07. The van der Waals surface area contributed by atoms with E-state index in [1.807, 2.05) is 6.07 Å². The number of rotatable bonds is 5. The summed E-state index contributed by atoms with van der Waals surface area (Å²) >= 11 is 0. The van der Waals surface area contributed by atoms with Crippen LogP contribution in [-0.2, 0) is 6.54 Å². The van der Waals surface area contributed by atoms with E-state index in [9.17, 15) is 0 Å². The first-order chi connectivity index (χ1) is 10.3. The fourth-order valence-corrected chi connectivity index (χ4v) is 2.68. The summed E-state index contributed by atoms with van der Waals surface area (Å²) in [5.41, 5.74) is 4.60. The zero-order valence-electron chi connectivity index (χ0n) is 12.6. The Morgan fingerprint density at radius 3 is 2.57 bits per heavy atom. The predicted molar refractivity (Wildman–Crippen MR) is 88.4 cm³/mol. The van der Waals surface area contributed by atoms with Gasteiger partial charge in [0.2, 0.25) is 0 Å². The number of furan rings is 1. The quantitative estimate of drug-likeness (QED) is 0.671. The third-order valence-electron chi connectivity index (χ3n) is 3.86. The van der Waals surface area contributed by atoms with Gasteiger partial charge in [-0.2, -0.15) is 0 Å². The van der Waals surface area contributed by atoms with Crippen LogP contribution in [0.3, 0.4) is 0 Å². The predicted octanol–water partition coefficient (Wildman–Crippen LogP) is 4.91. The highest BCUT2D eigenvalue weighted by molar-refractivity contribution is 5.94. The Hall–Kier alpha value is -2.06. The van der Waals surface area contributed by atoms with Crippen molar-refractivity contribution in [2.75, 3.05) is 6.54 Å². The lowest BCUT2D eigenvalue weighted by atomic mass is 10.0. The van der Waals surface area contributed by atoms with Crippen LogP contribution in [0.25, 0.3) is 22.1 Å². The summed E-state index contributed by atoms with van der Waals surface area (Å²) in [7, 11) is 0. The Balaban J connectivity index is 2.05. The largest absolute Gasteiger partial charge is 0.459 e. The maximum Gasteiger partial charge on any atom is 0.142 e. The monoisotopic (exact) mass is 279 g/mol. The maximum absolute atomic E-state index is 6.17. The van der Waals surface area contributed by atoms with Crippen LogP contribution in [0.1, 0.15) is 24.7 Å². The average molecular weight is 279 g/mol. The van der Waals surface area contributed by atoms with Crippen molar-refractivity contribution in [1.29, 1.82) is 0 Å². The van der Waals surface area contributed by atoms with E-state index in [-0.39, 0.29) is 0 Å². The molecule has 0 amide bonds. The van der Waals surface area contributed by atoms with Gasteiger partial charge in [-0.15, -0.1) is 0 Å². The van der Waals surface area contributed by atoms with Gasteiger partial charge in [0, 0.05) is 10.9 Å². The molecule has 1 aromatic heterocycles. The van der Waals surface area contributed by atoms with E-state index in [2.05, 4.69) is 61.6 Å². The van der Waals surface area contributed by atoms with Crippen molar-refractivity contribution in [2.45, 2.75) is 26.8 Å². The molecule has 2 heteroatoms. The van der Waals surface area contributed by atoms with Crippen LogP contribution >= 0.6 is 0 Å². The molecular weight excluding hydrogens is 258 g/mol. The zero-order chi connectivity index (χ0) is 14.7.